The average Bonchev–Trinajstić information content (AvgIpc) is 3.28. The first-order valence-electron chi connectivity index (χ1n) is 9.13. The average molecular weight is 356 g/mol. The van der Waals surface area contributed by atoms with Gasteiger partial charge in [-0.05, 0) is 68.2 Å². The topological polar surface area (TPSA) is 88.4 Å². The van der Waals surface area contributed by atoms with Gasteiger partial charge in [0.25, 0.3) is 5.91 Å². The molecule has 138 valence electrons. The van der Waals surface area contributed by atoms with Crippen molar-refractivity contribution in [2.45, 2.75) is 38.6 Å². The van der Waals surface area contributed by atoms with Crippen LogP contribution < -0.4 is 10.1 Å². The number of hydrogen-bond donors (Lipinski definition) is 1. The third-order valence-corrected chi connectivity index (χ3v) is 5.53. The fraction of sp³-hybridized carbons (Fsp3) is 0.550. The summed E-state index contributed by atoms with van der Waals surface area (Å²) >= 11 is 0. The van der Waals surface area contributed by atoms with Crippen molar-refractivity contribution < 1.29 is 19.1 Å². The maximum atomic E-state index is 12.0. The van der Waals surface area contributed by atoms with Crippen molar-refractivity contribution >= 4 is 11.9 Å². The lowest BCUT2D eigenvalue weighted by molar-refractivity contribution is -0.150. The fourth-order valence-electron chi connectivity index (χ4n) is 4.26. The molecule has 0 saturated heterocycles. The van der Waals surface area contributed by atoms with Crippen molar-refractivity contribution in [2.24, 2.45) is 17.8 Å². The summed E-state index contributed by atoms with van der Waals surface area (Å²) in [5.41, 5.74) is 0.515. The molecule has 0 unspecified atom stereocenters. The summed E-state index contributed by atoms with van der Waals surface area (Å²) in [4.78, 5) is 23.7. The summed E-state index contributed by atoms with van der Waals surface area (Å²) < 4.78 is 10.2. The Hall–Kier alpha value is -2.55. The molecule has 2 aliphatic carbocycles. The number of benzene rings is 1. The molecule has 0 aromatic heterocycles. The van der Waals surface area contributed by atoms with Crippen LogP contribution in [0.2, 0.25) is 0 Å². The number of nitriles is 1. The van der Waals surface area contributed by atoms with Crippen LogP contribution in [0, 0.1) is 29.1 Å². The predicted molar refractivity (Wildman–Crippen MR) is 94.2 cm³/mol. The number of carbonyl (C=O) groups is 2. The van der Waals surface area contributed by atoms with Gasteiger partial charge in [-0.1, -0.05) is 6.42 Å². The van der Waals surface area contributed by atoms with Crippen LogP contribution in [0.1, 0.15) is 38.2 Å². The van der Waals surface area contributed by atoms with Crippen LogP contribution in [0.15, 0.2) is 24.3 Å². The first-order chi connectivity index (χ1) is 12.5. The Balaban J connectivity index is 1.34. The molecule has 6 heteroatoms. The molecule has 1 aromatic rings. The molecular weight excluding hydrogens is 332 g/mol. The van der Waals surface area contributed by atoms with E-state index in [1.54, 1.807) is 24.3 Å². The summed E-state index contributed by atoms with van der Waals surface area (Å²) in [6, 6.07) is 8.54. The van der Waals surface area contributed by atoms with E-state index in [1.807, 2.05) is 13.0 Å². The van der Waals surface area contributed by atoms with Gasteiger partial charge in [-0.15, -0.1) is 0 Å². The van der Waals surface area contributed by atoms with E-state index in [9.17, 15) is 9.59 Å². The lowest BCUT2D eigenvalue weighted by Gasteiger charge is -2.28. The normalized spacial score (nSPS) is 24.5. The number of nitrogens with one attached hydrogen (secondary N) is 1. The van der Waals surface area contributed by atoms with Gasteiger partial charge in [0.2, 0.25) is 0 Å². The van der Waals surface area contributed by atoms with E-state index in [0.717, 1.165) is 11.8 Å². The van der Waals surface area contributed by atoms with Crippen LogP contribution in [0.5, 0.6) is 5.75 Å². The van der Waals surface area contributed by atoms with Gasteiger partial charge in [0.05, 0.1) is 11.6 Å². The number of hydrogen-bond acceptors (Lipinski definition) is 5. The summed E-state index contributed by atoms with van der Waals surface area (Å²) in [7, 11) is 0. The molecule has 26 heavy (non-hydrogen) atoms. The zero-order valence-electron chi connectivity index (χ0n) is 14.9. The standard InChI is InChI=1S/C20H24N2O4/c1-13(18-9-15-2-5-16(18)8-15)22-19(23)11-26-20(24)12-25-17-6-3-14(10-21)4-7-17/h3-4,6-7,13,15-16,18H,2,5,8-9,11-12H2,1H3,(H,22,23)/t13-,15-,16-,18+/m0/s1. The Morgan fingerprint density at radius 3 is 2.62 bits per heavy atom. The molecule has 1 aromatic carbocycles. The third kappa shape index (κ3) is 4.54. The number of fused-ring (bicyclic) bond motifs is 2. The van der Waals surface area contributed by atoms with Crippen molar-refractivity contribution in [3.8, 4) is 11.8 Å². The highest BCUT2D eigenvalue weighted by Crippen LogP contribution is 2.49. The van der Waals surface area contributed by atoms with Gasteiger partial charge in [0.15, 0.2) is 13.2 Å². The molecule has 4 atom stereocenters. The van der Waals surface area contributed by atoms with Crippen molar-refractivity contribution in [3.05, 3.63) is 29.8 Å². The zero-order valence-corrected chi connectivity index (χ0v) is 14.9. The number of carbonyl (C=O) groups excluding carboxylic acids is 2. The maximum absolute atomic E-state index is 12.0. The number of esters is 1. The predicted octanol–water partition coefficient (Wildman–Crippen LogP) is 2.42. The molecule has 0 aliphatic heterocycles. The summed E-state index contributed by atoms with van der Waals surface area (Å²) in [6.45, 7) is 1.47. The Labute approximate surface area is 153 Å². The smallest absolute Gasteiger partial charge is 0.344 e. The van der Waals surface area contributed by atoms with Crippen LogP contribution >= 0.6 is 0 Å². The molecule has 2 fully saturated rings. The second kappa shape index (κ2) is 8.22. The molecule has 1 amide bonds. The van der Waals surface area contributed by atoms with Crippen LogP contribution in [0.3, 0.4) is 0 Å². The minimum atomic E-state index is -0.600. The maximum Gasteiger partial charge on any atom is 0.344 e. The molecule has 2 aliphatic rings. The Morgan fingerprint density at radius 1 is 1.23 bits per heavy atom. The van der Waals surface area contributed by atoms with Gasteiger partial charge in [-0.25, -0.2) is 4.79 Å². The van der Waals surface area contributed by atoms with Gasteiger partial charge >= 0.3 is 5.97 Å². The minimum Gasteiger partial charge on any atom is -0.482 e. The van der Waals surface area contributed by atoms with Crippen molar-refractivity contribution in [3.63, 3.8) is 0 Å². The van der Waals surface area contributed by atoms with Crippen molar-refractivity contribution in [1.82, 2.24) is 5.32 Å². The molecule has 2 saturated carbocycles. The molecule has 6 nitrogen and oxygen atoms in total. The Kier molecular flexibility index (Phi) is 5.77. The highest BCUT2D eigenvalue weighted by molar-refractivity contribution is 5.81. The highest BCUT2D eigenvalue weighted by atomic mass is 16.6. The first kappa shape index (κ1) is 18.2. The van der Waals surface area contributed by atoms with Crippen LogP contribution in [-0.2, 0) is 14.3 Å². The van der Waals surface area contributed by atoms with Gasteiger partial charge in [-0.3, -0.25) is 4.79 Å². The van der Waals surface area contributed by atoms with Crippen LogP contribution in [-0.4, -0.2) is 31.1 Å². The van der Waals surface area contributed by atoms with Gasteiger partial charge < -0.3 is 14.8 Å². The van der Waals surface area contributed by atoms with E-state index in [4.69, 9.17) is 14.7 Å². The molecule has 0 radical (unpaired) electrons. The molecule has 1 N–H and O–H groups in total. The Bertz CT molecular complexity index is 695. The van der Waals surface area contributed by atoms with E-state index in [1.165, 1.54) is 25.7 Å². The van der Waals surface area contributed by atoms with Crippen molar-refractivity contribution in [1.29, 1.82) is 5.26 Å². The van der Waals surface area contributed by atoms with Crippen LogP contribution in [0.4, 0.5) is 0 Å². The van der Waals surface area contributed by atoms with Crippen LogP contribution in [0.25, 0.3) is 0 Å². The first-order valence-corrected chi connectivity index (χ1v) is 9.13. The number of amides is 1. The van der Waals surface area contributed by atoms with E-state index >= 15 is 0 Å². The highest BCUT2D eigenvalue weighted by Gasteiger charge is 2.42. The van der Waals surface area contributed by atoms with E-state index in [2.05, 4.69) is 5.32 Å². The molecule has 3 rings (SSSR count). The Morgan fingerprint density at radius 2 is 2.00 bits per heavy atom. The van der Waals surface area contributed by atoms with Crippen molar-refractivity contribution in [2.75, 3.05) is 13.2 Å². The van der Waals surface area contributed by atoms with Gasteiger partial charge in [0.1, 0.15) is 5.75 Å². The zero-order chi connectivity index (χ0) is 18.5. The molecule has 2 bridgehead atoms. The van der Waals surface area contributed by atoms with E-state index in [0.29, 0.717) is 17.2 Å². The number of ether oxygens (including phenoxy) is 2. The quantitative estimate of drug-likeness (QED) is 0.758. The van der Waals surface area contributed by atoms with Gasteiger partial charge in [-0.2, -0.15) is 5.26 Å². The summed E-state index contributed by atoms with van der Waals surface area (Å²) in [5.74, 6) is 1.72. The second-order valence-corrected chi connectivity index (χ2v) is 7.28. The second-order valence-electron chi connectivity index (χ2n) is 7.28. The molecular formula is C20H24N2O4. The summed E-state index contributed by atoms with van der Waals surface area (Å²) in [6.07, 6.45) is 5.10. The molecule has 0 spiro atoms. The summed E-state index contributed by atoms with van der Waals surface area (Å²) in [5, 5.41) is 11.7. The number of nitrogens with zero attached hydrogens (tertiary/aromatic N) is 1. The molecule has 0 heterocycles. The third-order valence-electron chi connectivity index (χ3n) is 5.53. The fourth-order valence-corrected chi connectivity index (χ4v) is 4.26. The van der Waals surface area contributed by atoms with Gasteiger partial charge in [0, 0.05) is 6.04 Å². The lowest BCUT2D eigenvalue weighted by Crippen LogP contribution is -2.42. The van der Waals surface area contributed by atoms with E-state index in [-0.39, 0.29) is 25.2 Å². The lowest BCUT2D eigenvalue weighted by atomic mass is 9.84. The largest absolute Gasteiger partial charge is 0.482 e. The number of rotatable bonds is 7. The minimum absolute atomic E-state index is 0.117. The van der Waals surface area contributed by atoms with E-state index < -0.39 is 5.97 Å². The monoisotopic (exact) mass is 356 g/mol. The SMILES string of the molecule is C[C@H](NC(=O)COC(=O)COc1ccc(C#N)cc1)[C@H]1C[C@H]2CC[C@H]1C2.